The van der Waals surface area contributed by atoms with Crippen molar-refractivity contribution in [3.63, 3.8) is 0 Å². The molecule has 0 saturated carbocycles. The Hall–Kier alpha value is -1.04. The van der Waals surface area contributed by atoms with Crippen molar-refractivity contribution in [2.75, 3.05) is 14.1 Å². The first-order chi connectivity index (χ1) is 6.94. The molecule has 0 heterocycles. The fourth-order valence-electron chi connectivity index (χ4n) is 0.870. The van der Waals surface area contributed by atoms with Crippen LogP contribution < -0.4 is 5.43 Å². The third-order valence-electron chi connectivity index (χ3n) is 1.71. The molecule has 0 radical (unpaired) electrons. The predicted octanol–water partition coefficient (Wildman–Crippen LogP) is 2.11. The maximum atomic E-state index is 12.1. The molecule has 0 spiro atoms. The summed E-state index contributed by atoms with van der Waals surface area (Å²) in [7, 11) is 3.27. The fraction of sp³-hybridized carbons (Fsp3) is 0.700. The van der Waals surface area contributed by atoms with Crippen molar-refractivity contribution in [3.05, 3.63) is 11.8 Å². The van der Waals surface area contributed by atoms with Crippen molar-refractivity contribution in [2.24, 2.45) is 5.41 Å². The highest BCUT2D eigenvalue weighted by Crippen LogP contribution is 2.25. The highest BCUT2D eigenvalue weighted by Gasteiger charge is 2.37. The van der Waals surface area contributed by atoms with Crippen molar-refractivity contribution >= 4 is 5.78 Å². The van der Waals surface area contributed by atoms with Crippen LogP contribution in [-0.2, 0) is 4.79 Å². The smallest absolute Gasteiger partial charge is 0.323 e. The van der Waals surface area contributed by atoms with Gasteiger partial charge < -0.3 is 5.43 Å². The Morgan fingerprint density at radius 1 is 1.19 bits per heavy atom. The van der Waals surface area contributed by atoms with Crippen LogP contribution in [0.3, 0.4) is 0 Å². The molecule has 0 rings (SSSR count). The average molecular weight is 238 g/mol. The highest BCUT2D eigenvalue weighted by molar-refractivity contribution is 5.95. The molecule has 1 N–H and O–H groups in total. The molecular formula is C10H17F3N2O. The SMILES string of the molecule is CN(C)N/C(=C\C(=O)C(F)(F)F)C(C)(C)C. The van der Waals surface area contributed by atoms with Crippen LogP contribution in [0.5, 0.6) is 0 Å². The summed E-state index contributed by atoms with van der Waals surface area (Å²) in [5, 5.41) is 1.49. The van der Waals surface area contributed by atoms with Crippen LogP contribution in [0.15, 0.2) is 11.8 Å². The number of nitrogens with zero attached hydrogens (tertiary/aromatic N) is 1. The number of carbonyl (C=O) groups excluding carboxylic acids is 1. The van der Waals surface area contributed by atoms with Crippen LogP contribution >= 0.6 is 0 Å². The molecule has 0 fully saturated rings. The van der Waals surface area contributed by atoms with Gasteiger partial charge in [-0.2, -0.15) is 13.2 Å². The summed E-state index contributed by atoms with van der Waals surface area (Å²) in [6, 6.07) is 0. The molecule has 0 atom stereocenters. The van der Waals surface area contributed by atoms with E-state index >= 15 is 0 Å². The predicted molar refractivity (Wildman–Crippen MR) is 55.4 cm³/mol. The molecule has 16 heavy (non-hydrogen) atoms. The summed E-state index contributed by atoms with van der Waals surface area (Å²) in [4.78, 5) is 10.8. The molecule has 0 bridgehead atoms. The molecule has 6 heteroatoms. The number of allylic oxidation sites excluding steroid dienone is 2. The van der Waals surface area contributed by atoms with Crippen LogP contribution in [0.4, 0.5) is 13.2 Å². The zero-order valence-corrected chi connectivity index (χ0v) is 10.1. The van der Waals surface area contributed by atoms with Crippen LogP contribution in [0.1, 0.15) is 20.8 Å². The summed E-state index contributed by atoms with van der Waals surface area (Å²) in [5.41, 5.74) is 2.35. The van der Waals surface area contributed by atoms with Crippen LogP contribution in [-0.4, -0.2) is 31.1 Å². The number of nitrogens with one attached hydrogen (secondary N) is 1. The minimum absolute atomic E-state index is 0.222. The molecule has 0 aromatic rings. The van der Waals surface area contributed by atoms with Gasteiger partial charge in [0.05, 0.1) is 0 Å². The van der Waals surface area contributed by atoms with Gasteiger partial charge in [0.15, 0.2) is 0 Å². The summed E-state index contributed by atoms with van der Waals surface area (Å²) < 4.78 is 36.3. The number of rotatable bonds is 3. The van der Waals surface area contributed by atoms with Crippen molar-refractivity contribution in [1.29, 1.82) is 0 Å². The second kappa shape index (κ2) is 4.86. The molecular weight excluding hydrogens is 221 g/mol. The number of alkyl halides is 3. The monoisotopic (exact) mass is 238 g/mol. The summed E-state index contributed by atoms with van der Waals surface area (Å²) in [6.45, 7) is 5.16. The molecule has 0 unspecified atom stereocenters. The molecule has 3 nitrogen and oxygen atoms in total. The Morgan fingerprint density at radius 3 is 1.88 bits per heavy atom. The Morgan fingerprint density at radius 2 is 1.62 bits per heavy atom. The van der Waals surface area contributed by atoms with E-state index in [0.717, 1.165) is 0 Å². The van der Waals surface area contributed by atoms with E-state index in [2.05, 4.69) is 5.43 Å². The number of hydrogen-bond donors (Lipinski definition) is 1. The highest BCUT2D eigenvalue weighted by atomic mass is 19.4. The summed E-state index contributed by atoms with van der Waals surface area (Å²) in [6.07, 6.45) is -4.23. The summed E-state index contributed by atoms with van der Waals surface area (Å²) >= 11 is 0. The Bertz CT molecular complexity index is 287. The maximum absolute atomic E-state index is 12.1. The van der Waals surface area contributed by atoms with Crippen molar-refractivity contribution in [1.82, 2.24) is 10.4 Å². The van der Waals surface area contributed by atoms with E-state index in [1.165, 1.54) is 5.01 Å². The van der Waals surface area contributed by atoms with Gasteiger partial charge in [0.1, 0.15) is 0 Å². The van der Waals surface area contributed by atoms with Gasteiger partial charge in [-0.05, 0) is 0 Å². The number of carbonyl (C=O) groups is 1. The van der Waals surface area contributed by atoms with Gasteiger partial charge >= 0.3 is 6.18 Å². The van der Waals surface area contributed by atoms with Crippen LogP contribution in [0.25, 0.3) is 0 Å². The topological polar surface area (TPSA) is 32.3 Å². The molecule has 0 aliphatic rings. The van der Waals surface area contributed by atoms with E-state index in [4.69, 9.17) is 0 Å². The number of hydrazine groups is 1. The second-order valence-electron chi connectivity index (χ2n) is 4.68. The first-order valence-electron chi connectivity index (χ1n) is 4.72. The van der Waals surface area contributed by atoms with Crippen molar-refractivity contribution in [3.8, 4) is 0 Å². The van der Waals surface area contributed by atoms with Crippen molar-refractivity contribution in [2.45, 2.75) is 26.9 Å². The third-order valence-corrected chi connectivity index (χ3v) is 1.71. The van der Waals surface area contributed by atoms with E-state index in [-0.39, 0.29) is 5.70 Å². The van der Waals surface area contributed by atoms with Gasteiger partial charge in [-0.1, -0.05) is 20.8 Å². The molecule has 0 aromatic carbocycles. The number of halogens is 3. The van der Waals surface area contributed by atoms with Crippen LogP contribution in [0, 0.1) is 5.41 Å². The minimum atomic E-state index is -4.83. The first-order valence-corrected chi connectivity index (χ1v) is 4.72. The lowest BCUT2D eigenvalue weighted by molar-refractivity contribution is -0.165. The van der Waals surface area contributed by atoms with E-state index in [9.17, 15) is 18.0 Å². The van der Waals surface area contributed by atoms with Gasteiger partial charge in [-0.25, -0.2) is 5.01 Å². The fourth-order valence-corrected chi connectivity index (χ4v) is 0.870. The van der Waals surface area contributed by atoms with Gasteiger partial charge in [-0.3, -0.25) is 4.79 Å². The standard InChI is InChI=1S/C10H17F3N2O/c1-9(2,3)7(14-15(4)5)6-8(16)10(11,12)13/h6,14H,1-5H3/b7-6-. The van der Waals surface area contributed by atoms with Crippen LogP contribution in [0.2, 0.25) is 0 Å². The van der Waals surface area contributed by atoms with E-state index in [1.807, 2.05) is 0 Å². The normalized spacial score (nSPS) is 14.2. The largest absolute Gasteiger partial charge is 0.454 e. The lowest BCUT2D eigenvalue weighted by atomic mass is 9.91. The molecule has 0 aromatic heterocycles. The van der Waals surface area contributed by atoms with E-state index in [0.29, 0.717) is 6.08 Å². The zero-order valence-electron chi connectivity index (χ0n) is 10.1. The summed E-state index contributed by atoms with van der Waals surface area (Å²) in [5.74, 6) is -1.85. The Kier molecular flexibility index (Phi) is 4.55. The Labute approximate surface area is 93.3 Å². The molecule has 94 valence electrons. The van der Waals surface area contributed by atoms with E-state index < -0.39 is 17.4 Å². The zero-order chi connectivity index (χ0) is 13.1. The lowest BCUT2D eigenvalue weighted by Gasteiger charge is -2.27. The number of hydrogen-bond acceptors (Lipinski definition) is 3. The quantitative estimate of drug-likeness (QED) is 0.603. The third kappa shape index (κ3) is 5.16. The second-order valence-corrected chi connectivity index (χ2v) is 4.68. The minimum Gasteiger partial charge on any atom is -0.323 e. The Balaban J connectivity index is 5.06. The van der Waals surface area contributed by atoms with Gasteiger partial charge in [0.25, 0.3) is 5.78 Å². The molecule has 0 aliphatic carbocycles. The maximum Gasteiger partial charge on any atom is 0.454 e. The molecule has 0 amide bonds. The van der Waals surface area contributed by atoms with Gasteiger partial charge in [0, 0.05) is 31.3 Å². The van der Waals surface area contributed by atoms with Gasteiger partial charge in [-0.15, -0.1) is 0 Å². The average Bonchev–Trinajstić information content (AvgIpc) is 1.98. The molecule has 0 saturated heterocycles. The van der Waals surface area contributed by atoms with E-state index in [1.54, 1.807) is 34.9 Å². The van der Waals surface area contributed by atoms with Crippen molar-refractivity contribution < 1.29 is 18.0 Å². The first kappa shape index (κ1) is 15.0. The van der Waals surface area contributed by atoms with Gasteiger partial charge in [0.2, 0.25) is 0 Å². The lowest BCUT2D eigenvalue weighted by Crippen LogP contribution is -2.36. The molecule has 0 aliphatic heterocycles. The number of ketones is 1.